The second-order valence-electron chi connectivity index (χ2n) is 4.77. The highest BCUT2D eigenvalue weighted by Crippen LogP contribution is 2.15. The fourth-order valence-electron chi connectivity index (χ4n) is 1.64. The number of nitrogens with zero attached hydrogens (tertiary/aromatic N) is 1. The van der Waals surface area contributed by atoms with Gasteiger partial charge in [-0.3, -0.25) is 4.79 Å². The van der Waals surface area contributed by atoms with Crippen LogP contribution in [0, 0.1) is 13.8 Å². The molecule has 0 atom stereocenters. The first-order valence-electron chi connectivity index (χ1n) is 6.10. The normalized spacial score (nSPS) is 10.5. The van der Waals surface area contributed by atoms with Gasteiger partial charge in [0.25, 0.3) is 5.91 Å². The average molecular weight is 250 g/mol. The highest BCUT2D eigenvalue weighted by molar-refractivity contribution is 5.77. The van der Waals surface area contributed by atoms with Gasteiger partial charge in [0.05, 0.1) is 0 Å². The molecule has 1 amide bonds. The summed E-state index contributed by atoms with van der Waals surface area (Å²) in [6.07, 6.45) is 0. The molecule has 0 bridgehead atoms. The van der Waals surface area contributed by atoms with E-state index >= 15 is 0 Å². The van der Waals surface area contributed by atoms with Crippen LogP contribution >= 0.6 is 0 Å². The van der Waals surface area contributed by atoms with E-state index in [0.717, 1.165) is 23.4 Å². The Bertz CT molecular complexity index is 383. The van der Waals surface area contributed by atoms with Gasteiger partial charge in [0.2, 0.25) is 0 Å². The van der Waals surface area contributed by atoms with Gasteiger partial charge in [0.15, 0.2) is 6.61 Å². The summed E-state index contributed by atoms with van der Waals surface area (Å²) in [5, 5.41) is 2.81. The maximum atomic E-state index is 11.5. The molecule has 4 heteroatoms. The number of aryl methyl sites for hydroxylation is 2. The van der Waals surface area contributed by atoms with Crippen molar-refractivity contribution >= 4 is 5.91 Å². The summed E-state index contributed by atoms with van der Waals surface area (Å²) < 4.78 is 5.46. The van der Waals surface area contributed by atoms with E-state index in [1.807, 2.05) is 45.0 Å². The largest absolute Gasteiger partial charge is 0.484 e. The summed E-state index contributed by atoms with van der Waals surface area (Å²) in [6, 6.07) is 5.93. The van der Waals surface area contributed by atoms with Crippen LogP contribution in [0.25, 0.3) is 0 Å². The van der Waals surface area contributed by atoms with Crippen LogP contribution in [0.5, 0.6) is 5.75 Å². The van der Waals surface area contributed by atoms with Crippen molar-refractivity contribution in [2.75, 3.05) is 33.8 Å². The van der Waals surface area contributed by atoms with Crippen LogP contribution in [0.1, 0.15) is 11.1 Å². The number of benzene rings is 1. The van der Waals surface area contributed by atoms with Gasteiger partial charge in [-0.25, -0.2) is 0 Å². The Labute approximate surface area is 109 Å². The zero-order valence-corrected chi connectivity index (χ0v) is 11.6. The van der Waals surface area contributed by atoms with Crippen molar-refractivity contribution in [3.05, 3.63) is 29.3 Å². The van der Waals surface area contributed by atoms with Crippen LogP contribution in [0.3, 0.4) is 0 Å². The molecule has 100 valence electrons. The molecule has 0 saturated heterocycles. The summed E-state index contributed by atoms with van der Waals surface area (Å²) in [7, 11) is 3.94. The lowest BCUT2D eigenvalue weighted by molar-refractivity contribution is -0.123. The topological polar surface area (TPSA) is 41.6 Å². The van der Waals surface area contributed by atoms with Gasteiger partial charge in [-0.1, -0.05) is 6.07 Å². The van der Waals surface area contributed by atoms with Gasteiger partial charge < -0.3 is 15.0 Å². The number of amides is 1. The Morgan fingerprint density at radius 2 is 1.83 bits per heavy atom. The van der Waals surface area contributed by atoms with Crippen molar-refractivity contribution in [3.63, 3.8) is 0 Å². The minimum atomic E-state index is -0.0870. The van der Waals surface area contributed by atoms with E-state index in [1.54, 1.807) is 0 Å². The number of hydrogen-bond donors (Lipinski definition) is 1. The number of rotatable bonds is 6. The fraction of sp³-hybridized carbons (Fsp3) is 0.500. The Balaban J connectivity index is 2.33. The smallest absolute Gasteiger partial charge is 0.257 e. The zero-order valence-electron chi connectivity index (χ0n) is 11.6. The van der Waals surface area contributed by atoms with Crippen molar-refractivity contribution in [1.82, 2.24) is 10.2 Å². The van der Waals surface area contributed by atoms with Crippen LogP contribution in [0.2, 0.25) is 0 Å². The standard InChI is InChI=1S/C14H22N2O2/c1-11-7-12(2)9-13(8-11)18-10-14(17)15-5-6-16(3)4/h7-9H,5-6,10H2,1-4H3,(H,15,17). The number of likely N-dealkylation sites (N-methyl/N-ethyl adjacent to an activating group) is 1. The quantitative estimate of drug-likeness (QED) is 0.829. The van der Waals surface area contributed by atoms with Crippen molar-refractivity contribution in [3.8, 4) is 5.75 Å². The number of hydrogen-bond acceptors (Lipinski definition) is 3. The maximum Gasteiger partial charge on any atom is 0.257 e. The van der Waals surface area contributed by atoms with Crippen LogP contribution in [0.4, 0.5) is 0 Å². The fourth-order valence-corrected chi connectivity index (χ4v) is 1.64. The number of ether oxygens (including phenoxy) is 1. The predicted molar refractivity (Wildman–Crippen MR) is 73.0 cm³/mol. The zero-order chi connectivity index (χ0) is 13.5. The van der Waals surface area contributed by atoms with E-state index in [0.29, 0.717) is 6.54 Å². The average Bonchev–Trinajstić information content (AvgIpc) is 2.24. The van der Waals surface area contributed by atoms with E-state index in [4.69, 9.17) is 4.74 Å². The molecule has 0 aromatic heterocycles. The highest BCUT2D eigenvalue weighted by atomic mass is 16.5. The third kappa shape index (κ3) is 5.68. The molecule has 0 aliphatic heterocycles. The molecule has 0 heterocycles. The first-order valence-corrected chi connectivity index (χ1v) is 6.10. The molecule has 1 aromatic carbocycles. The second-order valence-corrected chi connectivity index (χ2v) is 4.77. The van der Waals surface area contributed by atoms with Crippen LogP contribution in [-0.4, -0.2) is 44.6 Å². The molecule has 1 N–H and O–H groups in total. The lowest BCUT2D eigenvalue weighted by Gasteiger charge is -2.11. The van der Waals surface area contributed by atoms with Crippen molar-refractivity contribution in [1.29, 1.82) is 0 Å². The van der Waals surface area contributed by atoms with Crippen molar-refractivity contribution in [2.45, 2.75) is 13.8 Å². The molecule has 4 nitrogen and oxygen atoms in total. The summed E-state index contributed by atoms with van der Waals surface area (Å²) in [6.45, 7) is 5.56. The van der Waals surface area contributed by atoms with E-state index in [1.165, 1.54) is 0 Å². The molecule has 0 saturated carbocycles. The van der Waals surface area contributed by atoms with Gasteiger partial charge in [-0.15, -0.1) is 0 Å². The first kappa shape index (κ1) is 14.5. The van der Waals surface area contributed by atoms with Crippen molar-refractivity contribution in [2.24, 2.45) is 0 Å². The Kier molecular flexibility index (Phi) is 5.65. The van der Waals surface area contributed by atoms with Gasteiger partial charge in [0.1, 0.15) is 5.75 Å². The molecule has 0 aliphatic carbocycles. The van der Waals surface area contributed by atoms with Gasteiger partial charge in [-0.05, 0) is 51.2 Å². The van der Waals surface area contributed by atoms with E-state index in [9.17, 15) is 4.79 Å². The van der Waals surface area contributed by atoms with E-state index < -0.39 is 0 Å². The molecule has 0 unspecified atom stereocenters. The van der Waals surface area contributed by atoms with Crippen LogP contribution in [-0.2, 0) is 4.79 Å². The molecule has 0 radical (unpaired) electrons. The minimum Gasteiger partial charge on any atom is -0.484 e. The van der Waals surface area contributed by atoms with E-state index in [2.05, 4.69) is 11.4 Å². The molecule has 0 spiro atoms. The van der Waals surface area contributed by atoms with Gasteiger partial charge in [-0.2, -0.15) is 0 Å². The van der Waals surface area contributed by atoms with Gasteiger partial charge in [0, 0.05) is 13.1 Å². The Morgan fingerprint density at radius 1 is 1.22 bits per heavy atom. The molecular formula is C14H22N2O2. The van der Waals surface area contributed by atoms with Crippen LogP contribution < -0.4 is 10.1 Å². The van der Waals surface area contributed by atoms with Crippen molar-refractivity contribution < 1.29 is 9.53 Å². The lowest BCUT2D eigenvalue weighted by Crippen LogP contribution is -2.34. The summed E-state index contributed by atoms with van der Waals surface area (Å²) in [5.41, 5.74) is 2.27. The second kappa shape index (κ2) is 7.01. The number of carbonyl (C=O) groups excluding carboxylic acids is 1. The molecule has 0 fully saturated rings. The lowest BCUT2D eigenvalue weighted by atomic mass is 10.1. The monoisotopic (exact) mass is 250 g/mol. The molecular weight excluding hydrogens is 228 g/mol. The Morgan fingerprint density at radius 3 is 2.39 bits per heavy atom. The SMILES string of the molecule is Cc1cc(C)cc(OCC(=O)NCCN(C)C)c1. The number of carbonyl (C=O) groups is 1. The third-order valence-electron chi connectivity index (χ3n) is 2.45. The first-order chi connectivity index (χ1) is 8.47. The highest BCUT2D eigenvalue weighted by Gasteiger charge is 2.03. The molecule has 0 aliphatic rings. The predicted octanol–water partition coefficient (Wildman–Crippen LogP) is 1.36. The minimum absolute atomic E-state index is 0.0658. The third-order valence-corrected chi connectivity index (χ3v) is 2.45. The molecule has 1 aromatic rings. The summed E-state index contributed by atoms with van der Waals surface area (Å²) >= 11 is 0. The molecule has 1 rings (SSSR count). The van der Waals surface area contributed by atoms with E-state index in [-0.39, 0.29) is 12.5 Å². The summed E-state index contributed by atoms with van der Waals surface area (Å²) in [5.74, 6) is 0.659. The number of nitrogens with one attached hydrogen (secondary N) is 1. The van der Waals surface area contributed by atoms with Gasteiger partial charge >= 0.3 is 0 Å². The Hall–Kier alpha value is -1.55. The van der Waals surface area contributed by atoms with Crippen LogP contribution in [0.15, 0.2) is 18.2 Å². The maximum absolute atomic E-state index is 11.5. The summed E-state index contributed by atoms with van der Waals surface area (Å²) in [4.78, 5) is 13.5. The molecule has 18 heavy (non-hydrogen) atoms.